The topological polar surface area (TPSA) is 40.7 Å². The Morgan fingerprint density at radius 1 is 1.73 bits per heavy atom. The van der Waals surface area contributed by atoms with Crippen molar-refractivity contribution in [1.82, 2.24) is 15.3 Å². The van der Waals surface area contributed by atoms with Crippen molar-refractivity contribution in [3.05, 3.63) is 18.2 Å². The molecule has 3 nitrogen and oxygen atoms in total. The van der Waals surface area contributed by atoms with Crippen LogP contribution in [0, 0.1) is 5.92 Å². The SMILES string of the molecule is CC1NCC1Cc1cnc[nH]1. The van der Waals surface area contributed by atoms with Gasteiger partial charge in [-0.1, -0.05) is 0 Å². The summed E-state index contributed by atoms with van der Waals surface area (Å²) in [6.45, 7) is 3.38. The molecule has 1 fully saturated rings. The van der Waals surface area contributed by atoms with E-state index in [1.165, 1.54) is 5.69 Å². The fourth-order valence-corrected chi connectivity index (χ4v) is 1.45. The molecular formula is C8H13N3. The Morgan fingerprint density at radius 3 is 3.09 bits per heavy atom. The van der Waals surface area contributed by atoms with Crippen LogP contribution in [0.1, 0.15) is 12.6 Å². The summed E-state index contributed by atoms with van der Waals surface area (Å²) in [5.41, 5.74) is 1.25. The molecule has 0 bridgehead atoms. The fourth-order valence-electron chi connectivity index (χ4n) is 1.45. The molecule has 0 saturated carbocycles. The normalized spacial score (nSPS) is 29.9. The molecule has 0 spiro atoms. The van der Waals surface area contributed by atoms with Crippen molar-refractivity contribution in [2.75, 3.05) is 6.54 Å². The molecule has 11 heavy (non-hydrogen) atoms. The summed E-state index contributed by atoms with van der Waals surface area (Å²) in [6, 6.07) is 0.679. The molecule has 2 atom stereocenters. The van der Waals surface area contributed by atoms with Crippen LogP contribution in [0.2, 0.25) is 0 Å². The summed E-state index contributed by atoms with van der Waals surface area (Å²) in [5, 5.41) is 3.34. The predicted octanol–water partition coefficient (Wildman–Crippen LogP) is 0.560. The molecule has 2 heterocycles. The molecule has 1 aromatic rings. The average Bonchev–Trinajstić information content (AvgIpc) is 2.49. The van der Waals surface area contributed by atoms with E-state index >= 15 is 0 Å². The number of H-pyrrole nitrogens is 1. The molecule has 60 valence electrons. The first-order valence-corrected chi connectivity index (χ1v) is 4.07. The van der Waals surface area contributed by atoms with Gasteiger partial charge in [0, 0.05) is 24.5 Å². The van der Waals surface area contributed by atoms with E-state index in [9.17, 15) is 0 Å². The smallest absolute Gasteiger partial charge is 0.0921 e. The van der Waals surface area contributed by atoms with Gasteiger partial charge >= 0.3 is 0 Å². The van der Waals surface area contributed by atoms with E-state index in [-0.39, 0.29) is 0 Å². The van der Waals surface area contributed by atoms with Gasteiger partial charge in [0.05, 0.1) is 6.33 Å². The Bertz CT molecular complexity index is 217. The van der Waals surface area contributed by atoms with Crippen LogP contribution >= 0.6 is 0 Å². The highest BCUT2D eigenvalue weighted by Gasteiger charge is 2.25. The monoisotopic (exact) mass is 151 g/mol. The molecule has 1 aromatic heterocycles. The Balaban J connectivity index is 1.91. The van der Waals surface area contributed by atoms with E-state index in [0.29, 0.717) is 6.04 Å². The molecule has 1 aliphatic heterocycles. The minimum atomic E-state index is 0.679. The van der Waals surface area contributed by atoms with Gasteiger partial charge < -0.3 is 10.3 Å². The molecule has 1 aliphatic rings. The number of hydrogen-bond donors (Lipinski definition) is 2. The highest BCUT2D eigenvalue weighted by atomic mass is 15.0. The number of aromatic amines is 1. The lowest BCUT2D eigenvalue weighted by molar-refractivity contribution is 0.248. The van der Waals surface area contributed by atoms with Gasteiger partial charge in [0.25, 0.3) is 0 Å². The summed E-state index contributed by atoms with van der Waals surface area (Å²) < 4.78 is 0. The number of imidazole rings is 1. The Kier molecular flexibility index (Phi) is 1.66. The maximum absolute atomic E-state index is 3.98. The van der Waals surface area contributed by atoms with Gasteiger partial charge in [-0.2, -0.15) is 0 Å². The maximum atomic E-state index is 3.98. The highest BCUT2D eigenvalue weighted by Crippen LogP contribution is 2.16. The van der Waals surface area contributed by atoms with E-state index in [1.54, 1.807) is 6.33 Å². The van der Waals surface area contributed by atoms with Gasteiger partial charge in [0.1, 0.15) is 0 Å². The zero-order valence-corrected chi connectivity index (χ0v) is 6.67. The maximum Gasteiger partial charge on any atom is 0.0921 e. The van der Waals surface area contributed by atoms with E-state index in [1.807, 2.05) is 6.20 Å². The third-order valence-electron chi connectivity index (χ3n) is 2.45. The Hall–Kier alpha value is -0.830. The molecule has 0 aliphatic carbocycles. The highest BCUT2D eigenvalue weighted by molar-refractivity contribution is 5.00. The summed E-state index contributed by atoms with van der Waals surface area (Å²) in [5.74, 6) is 0.801. The van der Waals surface area contributed by atoms with Gasteiger partial charge in [0.2, 0.25) is 0 Å². The summed E-state index contributed by atoms with van der Waals surface area (Å²) in [6.07, 6.45) is 4.78. The molecule has 1 saturated heterocycles. The van der Waals surface area contributed by atoms with Crippen LogP contribution in [0.4, 0.5) is 0 Å². The molecule has 3 heteroatoms. The molecule has 0 amide bonds. The van der Waals surface area contributed by atoms with E-state index < -0.39 is 0 Å². The standard InChI is InChI=1S/C8H13N3/c1-6-7(3-10-6)2-8-4-9-5-11-8/h4-7,10H,2-3H2,1H3,(H,9,11). The van der Waals surface area contributed by atoms with Gasteiger partial charge in [0.15, 0.2) is 0 Å². The van der Waals surface area contributed by atoms with Crippen LogP contribution in [0.15, 0.2) is 12.5 Å². The van der Waals surface area contributed by atoms with Crippen molar-refractivity contribution in [3.8, 4) is 0 Å². The Labute approximate surface area is 66.2 Å². The minimum Gasteiger partial charge on any atom is -0.348 e. The third-order valence-corrected chi connectivity index (χ3v) is 2.45. The second-order valence-corrected chi connectivity index (χ2v) is 3.24. The van der Waals surface area contributed by atoms with Crippen LogP contribution in [0.5, 0.6) is 0 Å². The van der Waals surface area contributed by atoms with Crippen LogP contribution < -0.4 is 5.32 Å². The lowest BCUT2D eigenvalue weighted by Gasteiger charge is -2.35. The number of rotatable bonds is 2. The van der Waals surface area contributed by atoms with Crippen molar-refractivity contribution >= 4 is 0 Å². The van der Waals surface area contributed by atoms with Crippen molar-refractivity contribution in [2.24, 2.45) is 5.92 Å². The van der Waals surface area contributed by atoms with E-state index in [2.05, 4.69) is 22.2 Å². The lowest BCUT2D eigenvalue weighted by atomic mass is 9.89. The number of aromatic nitrogens is 2. The van der Waals surface area contributed by atoms with Crippen LogP contribution in [0.25, 0.3) is 0 Å². The van der Waals surface area contributed by atoms with Gasteiger partial charge in [-0.25, -0.2) is 4.98 Å². The number of nitrogens with one attached hydrogen (secondary N) is 2. The molecule has 2 rings (SSSR count). The van der Waals surface area contributed by atoms with Crippen molar-refractivity contribution in [3.63, 3.8) is 0 Å². The van der Waals surface area contributed by atoms with Crippen molar-refractivity contribution < 1.29 is 0 Å². The summed E-state index contributed by atoms with van der Waals surface area (Å²) in [7, 11) is 0. The van der Waals surface area contributed by atoms with Crippen molar-refractivity contribution in [1.29, 1.82) is 0 Å². The zero-order chi connectivity index (χ0) is 7.68. The molecule has 2 unspecified atom stereocenters. The first kappa shape index (κ1) is 6.85. The quantitative estimate of drug-likeness (QED) is 0.648. The molecule has 0 radical (unpaired) electrons. The lowest BCUT2D eigenvalue weighted by Crippen LogP contribution is -2.51. The molecular weight excluding hydrogens is 138 g/mol. The van der Waals surface area contributed by atoms with Crippen LogP contribution in [-0.4, -0.2) is 22.6 Å². The Morgan fingerprint density at radius 2 is 2.64 bits per heavy atom. The van der Waals surface area contributed by atoms with Crippen LogP contribution in [-0.2, 0) is 6.42 Å². The first-order chi connectivity index (χ1) is 5.36. The summed E-state index contributed by atoms with van der Waals surface area (Å²) >= 11 is 0. The largest absolute Gasteiger partial charge is 0.348 e. The van der Waals surface area contributed by atoms with Gasteiger partial charge in [-0.15, -0.1) is 0 Å². The average molecular weight is 151 g/mol. The summed E-state index contributed by atoms with van der Waals surface area (Å²) in [4.78, 5) is 7.10. The third kappa shape index (κ3) is 1.28. The van der Waals surface area contributed by atoms with E-state index in [0.717, 1.165) is 18.9 Å². The predicted molar refractivity (Wildman–Crippen MR) is 43.2 cm³/mol. The molecule has 0 aromatic carbocycles. The van der Waals surface area contributed by atoms with Crippen LogP contribution in [0.3, 0.4) is 0 Å². The second kappa shape index (κ2) is 2.66. The number of hydrogen-bond acceptors (Lipinski definition) is 2. The first-order valence-electron chi connectivity index (χ1n) is 4.07. The molecule has 2 N–H and O–H groups in total. The van der Waals surface area contributed by atoms with E-state index in [4.69, 9.17) is 0 Å². The minimum absolute atomic E-state index is 0.679. The van der Waals surface area contributed by atoms with Gasteiger partial charge in [-0.3, -0.25) is 0 Å². The number of nitrogens with zero attached hydrogens (tertiary/aromatic N) is 1. The zero-order valence-electron chi connectivity index (χ0n) is 6.67. The van der Waals surface area contributed by atoms with Crippen molar-refractivity contribution in [2.45, 2.75) is 19.4 Å². The second-order valence-electron chi connectivity index (χ2n) is 3.24. The fraction of sp³-hybridized carbons (Fsp3) is 0.625. The van der Waals surface area contributed by atoms with Gasteiger partial charge in [-0.05, 0) is 19.3 Å².